The minimum atomic E-state index is -4.26. The molecule has 1 atom stereocenters. The van der Waals surface area contributed by atoms with E-state index in [0.717, 1.165) is 18.5 Å². The molecule has 1 aromatic carbocycles. The van der Waals surface area contributed by atoms with Crippen LogP contribution in [0.2, 0.25) is 0 Å². The summed E-state index contributed by atoms with van der Waals surface area (Å²) in [5, 5.41) is 3.55. The van der Waals surface area contributed by atoms with E-state index in [2.05, 4.69) is 26.1 Å². The molecule has 1 aliphatic rings. The van der Waals surface area contributed by atoms with Crippen molar-refractivity contribution in [2.24, 2.45) is 11.3 Å². The van der Waals surface area contributed by atoms with Gasteiger partial charge in [0.25, 0.3) is 0 Å². The van der Waals surface area contributed by atoms with Gasteiger partial charge in [0, 0.05) is 12.6 Å². The van der Waals surface area contributed by atoms with Gasteiger partial charge in [0.1, 0.15) is 0 Å². The number of nitrogens with one attached hydrogen (secondary N) is 1. The molecular formula is C17H24F3N. The normalized spacial score (nSPS) is 18.8. The average Bonchev–Trinajstić information content (AvgIpc) is 3.20. The van der Waals surface area contributed by atoms with E-state index < -0.39 is 11.7 Å². The number of hydrogen-bond donors (Lipinski definition) is 1. The van der Waals surface area contributed by atoms with Gasteiger partial charge in [0.05, 0.1) is 5.56 Å². The highest BCUT2D eigenvalue weighted by atomic mass is 19.4. The molecule has 118 valence electrons. The summed E-state index contributed by atoms with van der Waals surface area (Å²) >= 11 is 0. The van der Waals surface area contributed by atoms with Crippen LogP contribution in [0.25, 0.3) is 0 Å². The van der Waals surface area contributed by atoms with Gasteiger partial charge in [0.2, 0.25) is 0 Å². The lowest BCUT2D eigenvalue weighted by molar-refractivity contribution is -0.137. The lowest BCUT2D eigenvalue weighted by Gasteiger charge is -2.34. The number of halogens is 3. The van der Waals surface area contributed by atoms with Crippen LogP contribution in [0.3, 0.4) is 0 Å². The lowest BCUT2D eigenvalue weighted by atomic mass is 9.74. The zero-order valence-corrected chi connectivity index (χ0v) is 12.9. The summed E-state index contributed by atoms with van der Waals surface area (Å²) in [6.45, 7) is 7.48. The molecule has 0 saturated heterocycles. The van der Waals surface area contributed by atoms with Gasteiger partial charge in [0.15, 0.2) is 0 Å². The van der Waals surface area contributed by atoms with Crippen molar-refractivity contribution in [3.63, 3.8) is 0 Å². The van der Waals surface area contributed by atoms with E-state index in [-0.39, 0.29) is 5.41 Å². The molecular weight excluding hydrogens is 275 g/mol. The monoisotopic (exact) mass is 299 g/mol. The van der Waals surface area contributed by atoms with Gasteiger partial charge in [-0.3, -0.25) is 0 Å². The van der Waals surface area contributed by atoms with Crippen LogP contribution >= 0.6 is 0 Å². The number of benzene rings is 1. The molecule has 0 heterocycles. The smallest absolute Gasteiger partial charge is 0.313 e. The van der Waals surface area contributed by atoms with Crippen molar-refractivity contribution in [3.8, 4) is 0 Å². The zero-order chi connectivity index (χ0) is 15.7. The molecule has 21 heavy (non-hydrogen) atoms. The van der Waals surface area contributed by atoms with Crippen LogP contribution in [0.4, 0.5) is 13.2 Å². The Balaban J connectivity index is 2.05. The van der Waals surface area contributed by atoms with Gasteiger partial charge < -0.3 is 5.32 Å². The molecule has 4 heteroatoms. The Morgan fingerprint density at radius 3 is 2.14 bits per heavy atom. The second kappa shape index (κ2) is 5.99. The molecule has 1 fully saturated rings. The summed E-state index contributed by atoms with van der Waals surface area (Å²) in [6.07, 6.45) is -0.973. The van der Waals surface area contributed by atoms with Crippen molar-refractivity contribution in [2.45, 2.75) is 52.3 Å². The van der Waals surface area contributed by atoms with Crippen LogP contribution in [0.15, 0.2) is 24.3 Å². The van der Waals surface area contributed by atoms with E-state index in [1.807, 2.05) is 0 Å². The van der Waals surface area contributed by atoms with Crippen LogP contribution in [-0.4, -0.2) is 12.6 Å². The predicted molar refractivity (Wildman–Crippen MR) is 79.1 cm³/mol. The Morgan fingerprint density at radius 2 is 1.71 bits per heavy atom. The first kappa shape index (κ1) is 16.3. The van der Waals surface area contributed by atoms with Gasteiger partial charge in [-0.15, -0.1) is 0 Å². The third-order valence-electron chi connectivity index (χ3n) is 4.65. The molecule has 0 bridgehead atoms. The highest BCUT2D eigenvalue weighted by Gasteiger charge is 2.33. The first-order valence-electron chi connectivity index (χ1n) is 7.60. The fourth-order valence-corrected chi connectivity index (χ4v) is 2.41. The first-order valence-corrected chi connectivity index (χ1v) is 7.60. The fraction of sp³-hybridized carbons (Fsp3) is 0.647. The largest absolute Gasteiger partial charge is 0.416 e. The lowest BCUT2D eigenvalue weighted by Crippen LogP contribution is -2.38. The van der Waals surface area contributed by atoms with Crippen LogP contribution in [0.5, 0.6) is 0 Å². The number of alkyl halides is 3. The van der Waals surface area contributed by atoms with Crippen LogP contribution in [0, 0.1) is 11.3 Å². The van der Waals surface area contributed by atoms with E-state index in [0.29, 0.717) is 12.0 Å². The number of rotatable bonds is 6. The van der Waals surface area contributed by atoms with Gasteiger partial charge >= 0.3 is 6.18 Å². The molecule has 1 nitrogen and oxygen atoms in total. The second-order valence-electron chi connectivity index (χ2n) is 6.84. The van der Waals surface area contributed by atoms with Gasteiger partial charge in [-0.1, -0.05) is 32.9 Å². The molecule has 2 rings (SSSR count). The maximum Gasteiger partial charge on any atom is 0.416 e. The molecule has 0 aromatic heterocycles. The second-order valence-corrected chi connectivity index (χ2v) is 6.84. The maximum absolute atomic E-state index is 12.6. The van der Waals surface area contributed by atoms with Crippen molar-refractivity contribution in [2.75, 3.05) is 6.54 Å². The van der Waals surface area contributed by atoms with Gasteiger partial charge in [-0.05, 0) is 48.3 Å². The molecule has 1 aromatic rings. The summed E-state index contributed by atoms with van der Waals surface area (Å²) < 4.78 is 37.8. The third-order valence-corrected chi connectivity index (χ3v) is 4.65. The van der Waals surface area contributed by atoms with Crippen molar-refractivity contribution in [1.82, 2.24) is 5.32 Å². The summed E-state index contributed by atoms with van der Waals surface area (Å²) in [6, 6.07) is 6.24. The van der Waals surface area contributed by atoms with Crippen molar-refractivity contribution in [3.05, 3.63) is 35.4 Å². The Hall–Kier alpha value is -1.03. The Labute approximate surface area is 124 Å². The summed E-state index contributed by atoms with van der Waals surface area (Å²) in [4.78, 5) is 0. The minimum absolute atomic E-state index is 0.0579. The third kappa shape index (κ3) is 4.47. The van der Waals surface area contributed by atoms with Crippen molar-refractivity contribution >= 4 is 0 Å². The quantitative estimate of drug-likeness (QED) is 0.805. The highest BCUT2D eigenvalue weighted by Crippen LogP contribution is 2.34. The molecule has 1 N–H and O–H groups in total. The first-order chi connectivity index (χ1) is 9.71. The molecule has 1 aliphatic carbocycles. The molecule has 0 aliphatic heterocycles. The topological polar surface area (TPSA) is 12.0 Å². The SMILES string of the molecule is CC(C)C(C)(CNC1CC1)Cc1ccc(C(F)(F)F)cc1. The molecule has 0 spiro atoms. The van der Waals surface area contributed by atoms with E-state index in [4.69, 9.17) is 0 Å². The molecule has 1 unspecified atom stereocenters. The van der Waals surface area contributed by atoms with E-state index in [9.17, 15) is 13.2 Å². The van der Waals surface area contributed by atoms with Crippen molar-refractivity contribution in [1.29, 1.82) is 0 Å². The van der Waals surface area contributed by atoms with Gasteiger partial charge in [-0.2, -0.15) is 13.2 Å². The van der Waals surface area contributed by atoms with E-state index in [1.54, 1.807) is 12.1 Å². The number of hydrogen-bond acceptors (Lipinski definition) is 1. The fourth-order valence-electron chi connectivity index (χ4n) is 2.41. The predicted octanol–water partition coefficient (Wildman–Crippen LogP) is 4.66. The molecule has 0 amide bonds. The van der Waals surface area contributed by atoms with Crippen LogP contribution < -0.4 is 5.32 Å². The Bertz CT molecular complexity index is 460. The van der Waals surface area contributed by atoms with Crippen LogP contribution in [0.1, 0.15) is 44.7 Å². The molecule has 0 radical (unpaired) electrons. The van der Waals surface area contributed by atoms with E-state index >= 15 is 0 Å². The average molecular weight is 299 g/mol. The van der Waals surface area contributed by atoms with E-state index in [1.165, 1.54) is 25.0 Å². The summed E-state index contributed by atoms with van der Waals surface area (Å²) in [7, 11) is 0. The Morgan fingerprint density at radius 1 is 1.14 bits per heavy atom. The zero-order valence-electron chi connectivity index (χ0n) is 12.9. The Kier molecular flexibility index (Phi) is 4.66. The summed E-state index contributed by atoms with van der Waals surface area (Å²) in [5.74, 6) is 0.464. The van der Waals surface area contributed by atoms with Crippen LogP contribution in [-0.2, 0) is 12.6 Å². The minimum Gasteiger partial charge on any atom is -0.313 e. The maximum atomic E-state index is 12.6. The van der Waals surface area contributed by atoms with Gasteiger partial charge in [-0.25, -0.2) is 0 Å². The summed E-state index contributed by atoms with van der Waals surface area (Å²) in [5.41, 5.74) is 0.452. The molecule has 1 saturated carbocycles. The highest BCUT2D eigenvalue weighted by molar-refractivity contribution is 5.25. The van der Waals surface area contributed by atoms with Crippen molar-refractivity contribution < 1.29 is 13.2 Å². The standard InChI is InChI=1S/C17H24F3N/c1-12(2)16(3,11-21-15-8-9-15)10-13-4-6-14(7-5-13)17(18,19)20/h4-7,12,15,21H,8-11H2,1-3H3.